The number of carbonyl (C=O) groups is 1. The summed E-state index contributed by atoms with van der Waals surface area (Å²) in [6.45, 7) is 0.612. The van der Waals surface area contributed by atoms with E-state index in [1.807, 2.05) is 37.4 Å². The molecule has 0 bridgehead atoms. The first-order chi connectivity index (χ1) is 8.16. The number of hydrogen-bond donors (Lipinski definition) is 2. The Morgan fingerprint density at radius 3 is 2.53 bits per heavy atom. The summed E-state index contributed by atoms with van der Waals surface area (Å²) in [5.74, 6) is -0.784. The highest BCUT2D eigenvalue weighted by Crippen LogP contribution is 2.17. The van der Waals surface area contributed by atoms with Gasteiger partial charge in [0.15, 0.2) is 0 Å². The summed E-state index contributed by atoms with van der Waals surface area (Å²) in [6, 6.07) is 9.08. The fourth-order valence-electron chi connectivity index (χ4n) is 1.81. The fourth-order valence-corrected chi connectivity index (χ4v) is 1.81. The molecule has 17 heavy (non-hydrogen) atoms. The SMILES string of the molecule is CN(c1ccccc1)[C@@H](CCCCN)C(=O)O. The van der Waals surface area contributed by atoms with Gasteiger partial charge in [-0.2, -0.15) is 0 Å². The predicted octanol–water partition coefficient (Wildman–Crippen LogP) is 1.70. The van der Waals surface area contributed by atoms with Crippen molar-refractivity contribution >= 4 is 11.7 Å². The Labute approximate surface area is 102 Å². The molecule has 0 spiro atoms. The molecule has 4 heteroatoms. The molecule has 0 fully saturated rings. The van der Waals surface area contributed by atoms with Gasteiger partial charge in [-0.15, -0.1) is 0 Å². The van der Waals surface area contributed by atoms with E-state index in [1.54, 1.807) is 4.90 Å². The summed E-state index contributed by atoms with van der Waals surface area (Å²) in [5.41, 5.74) is 6.34. The number of benzene rings is 1. The van der Waals surface area contributed by atoms with E-state index in [4.69, 9.17) is 5.73 Å². The summed E-state index contributed by atoms with van der Waals surface area (Å²) in [7, 11) is 1.82. The third-order valence-corrected chi connectivity index (χ3v) is 2.85. The lowest BCUT2D eigenvalue weighted by atomic mass is 10.1. The molecule has 0 saturated carbocycles. The number of nitrogens with zero attached hydrogens (tertiary/aromatic N) is 1. The number of rotatable bonds is 7. The molecular formula is C13H20N2O2. The van der Waals surface area contributed by atoms with Crippen molar-refractivity contribution in [3.05, 3.63) is 30.3 Å². The topological polar surface area (TPSA) is 66.6 Å². The van der Waals surface area contributed by atoms with Gasteiger partial charge in [-0.3, -0.25) is 0 Å². The zero-order valence-corrected chi connectivity index (χ0v) is 10.2. The van der Waals surface area contributed by atoms with Crippen molar-refractivity contribution in [1.29, 1.82) is 0 Å². The second kappa shape index (κ2) is 6.91. The summed E-state index contributed by atoms with van der Waals surface area (Å²) in [5, 5.41) is 9.23. The summed E-state index contributed by atoms with van der Waals surface area (Å²) < 4.78 is 0. The van der Waals surface area contributed by atoms with Crippen LogP contribution in [0.4, 0.5) is 5.69 Å². The van der Waals surface area contributed by atoms with Gasteiger partial charge >= 0.3 is 5.97 Å². The number of carboxylic acid groups (broad SMARTS) is 1. The number of nitrogens with two attached hydrogens (primary N) is 1. The van der Waals surface area contributed by atoms with Gasteiger partial charge in [0.2, 0.25) is 0 Å². The van der Waals surface area contributed by atoms with E-state index < -0.39 is 12.0 Å². The van der Waals surface area contributed by atoms with Crippen LogP contribution in [-0.2, 0) is 4.79 Å². The highest BCUT2D eigenvalue weighted by atomic mass is 16.4. The van der Waals surface area contributed by atoms with Gasteiger partial charge in [0.1, 0.15) is 6.04 Å². The van der Waals surface area contributed by atoms with Crippen molar-refractivity contribution in [2.45, 2.75) is 25.3 Å². The highest BCUT2D eigenvalue weighted by molar-refractivity contribution is 5.78. The maximum atomic E-state index is 11.2. The van der Waals surface area contributed by atoms with E-state index in [9.17, 15) is 9.90 Å². The van der Waals surface area contributed by atoms with E-state index in [-0.39, 0.29) is 0 Å². The van der Waals surface area contributed by atoms with Crippen molar-refractivity contribution < 1.29 is 9.90 Å². The molecule has 0 aliphatic heterocycles. The van der Waals surface area contributed by atoms with E-state index in [2.05, 4.69) is 0 Å². The van der Waals surface area contributed by atoms with Crippen molar-refractivity contribution in [3.8, 4) is 0 Å². The van der Waals surface area contributed by atoms with Crippen molar-refractivity contribution in [2.24, 2.45) is 5.73 Å². The van der Waals surface area contributed by atoms with Gasteiger partial charge in [0.05, 0.1) is 0 Å². The smallest absolute Gasteiger partial charge is 0.326 e. The molecule has 0 aromatic heterocycles. The molecule has 1 rings (SSSR count). The van der Waals surface area contributed by atoms with Crippen LogP contribution in [0.1, 0.15) is 19.3 Å². The molecule has 0 aliphatic rings. The minimum atomic E-state index is -0.784. The molecule has 1 aromatic carbocycles. The summed E-state index contributed by atoms with van der Waals surface area (Å²) in [6.07, 6.45) is 2.33. The minimum absolute atomic E-state index is 0.482. The quantitative estimate of drug-likeness (QED) is 0.707. The first kappa shape index (κ1) is 13.5. The number of unbranched alkanes of at least 4 members (excludes halogenated alkanes) is 1. The van der Waals surface area contributed by atoms with Gasteiger partial charge < -0.3 is 15.7 Å². The molecule has 3 N–H and O–H groups in total. The first-order valence-corrected chi connectivity index (χ1v) is 5.87. The van der Waals surface area contributed by atoms with E-state index in [0.29, 0.717) is 13.0 Å². The van der Waals surface area contributed by atoms with Crippen LogP contribution in [0.2, 0.25) is 0 Å². The second-order valence-corrected chi connectivity index (χ2v) is 4.08. The molecule has 0 radical (unpaired) electrons. The molecule has 94 valence electrons. The zero-order valence-electron chi connectivity index (χ0n) is 10.2. The van der Waals surface area contributed by atoms with E-state index in [0.717, 1.165) is 18.5 Å². The molecule has 1 atom stereocenters. The van der Waals surface area contributed by atoms with Crippen LogP contribution in [0.25, 0.3) is 0 Å². The Bertz CT molecular complexity index is 341. The number of para-hydroxylation sites is 1. The number of aliphatic carboxylic acids is 1. The highest BCUT2D eigenvalue weighted by Gasteiger charge is 2.22. The third kappa shape index (κ3) is 4.07. The van der Waals surface area contributed by atoms with Crippen LogP contribution in [0.3, 0.4) is 0 Å². The van der Waals surface area contributed by atoms with Gasteiger partial charge in [0.25, 0.3) is 0 Å². The number of anilines is 1. The lowest BCUT2D eigenvalue weighted by molar-refractivity contribution is -0.138. The standard InChI is InChI=1S/C13H20N2O2/c1-15(11-7-3-2-4-8-11)12(13(16)17)9-5-6-10-14/h2-4,7-8,12H,5-6,9-10,14H2,1H3,(H,16,17)/t12-/m0/s1. The minimum Gasteiger partial charge on any atom is -0.480 e. The van der Waals surface area contributed by atoms with Crippen LogP contribution >= 0.6 is 0 Å². The average Bonchev–Trinajstić information content (AvgIpc) is 2.34. The molecule has 4 nitrogen and oxygen atoms in total. The van der Waals surface area contributed by atoms with E-state index >= 15 is 0 Å². The Hall–Kier alpha value is -1.55. The van der Waals surface area contributed by atoms with Crippen molar-refractivity contribution in [3.63, 3.8) is 0 Å². The monoisotopic (exact) mass is 236 g/mol. The first-order valence-electron chi connectivity index (χ1n) is 5.87. The van der Waals surface area contributed by atoms with Crippen LogP contribution < -0.4 is 10.6 Å². The lowest BCUT2D eigenvalue weighted by Crippen LogP contribution is -2.38. The van der Waals surface area contributed by atoms with E-state index in [1.165, 1.54) is 0 Å². The van der Waals surface area contributed by atoms with Gasteiger partial charge in [-0.25, -0.2) is 4.79 Å². The Morgan fingerprint density at radius 1 is 1.35 bits per heavy atom. The second-order valence-electron chi connectivity index (χ2n) is 4.08. The molecule has 0 aliphatic carbocycles. The molecule has 1 aromatic rings. The molecule has 0 saturated heterocycles. The maximum Gasteiger partial charge on any atom is 0.326 e. The Kier molecular flexibility index (Phi) is 5.49. The van der Waals surface area contributed by atoms with Crippen LogP contribution in [-0.4, -0.2) is 30.7 Å². The van der Waals surface area contributed by atoms with Crippen molar-refractivity contribution in [2.75, 3.05) is 18.5 Å². The fraction of sp³-hybridized carbons (Fsp3) is 0.462. The van der Waals surface area contributed by atoms with Crippen LogP contribution in [0.15, 0.2) is 30.3 Å². The van der Waals surface area contributed by atoms with Gasteiger partial charge in [-0.05, 0) is 37.9 Å². The number of likely N-dealkylation sites (N-methyl/N-ethyl adjacent to an activating group) is 1. The van der Waals surface area contributed by atoms with Gasteiger partial charge in [0, 0.05) is 12.7 Å². The molecule has 0 heterocycles. The molecule has 0 amide bonds. The van der Waals surface area contributed by atoms with Gasteiger partial charge in [-0.1, -0.05) is 18.2 Å². The summed E-state index contributed by atoms with van der Waals surface area (Å²) >= 11 is 0. The predicted molar refractivity (Wildman–Crippen MR) is 69.2 cm³/mol. The zero-order chi connectivity index (χ0) is 12.7. The average molecular weight is 236 g/mol. The number of carboxylic acids is 1. The Balaban J connectivity index is 2.67. The summed E-state index contributed by atoms with van der Waals surface area (Å²) in [4.78, 5) is 13.0. The maximum absolute atomic E-state index is 11.2. The van der Waals surface area contributed by atoms with Crippen molar-refractivity contribution in [1.82, 2.24) is 0 Å². The Morgan fingerprint density at radius 2 is 2.00 bits per heavy atom. The molecule has 0 unspecified atom stereocenters. The third-order valence-electron chi connectivity index (χ3n) is 2.85. The van der Waals surface area contributed by atoms with Crippen LogP contribution in [0.5, 0.6) is 0 Å². The normalized spacial score (nSPS) is 12.1. The number of hydrogen-bond acceptors (Lipinski definition) is 3. The largest absolute Gasteiger partial charge is 0.480 e. The van der Waals surface area contributed by atoms with Crippen LogP contribution in [0, 0.1) is 0 Å². The molecular weight excluding hydrogens is 216 g/mol. The lowest BCUT2D eigenvalue weighted by Gasteiger charge is -2.26.